The number of aromatic nitrogens is 3. The first-order valence-corrected chi connectivity index (χ1v) is 3.98. The van der Waals surface area contributed by atoms with Crippen LogP contribution in [0.2, 0.25) is 0 Å². The molecule has 2 heterocycles. The van der Waals surface area contributed by atoms with E-state index in [-0.39, 0.29) is 5.56 Å². The van der Waals surface area contributed by atoms with Crippen LogP contribution in [0.25, 0.3) is 11.2 Å². The number of pyridine rings is 1. The minimum atomic E-state index is -0.134. The normalized spacial score (nSPS) is 10.6. The Kier molecular flexibility index (Phi) is 1.62. The molecule has 0 saturated carbocycles. The molecule has 0 amide bonds. The molecule has 13 heavy (non-hydrogen) atoms. The zero-order valence-electron chi connectivity index (χ0n) is 7.48. The number of hydrogen-bond acceptors (Lipinski definition) is 3. The van der Waals surface area contributed by atoms with E-state index in [2.05, 4.69) is 9.97 Å². The fraction of sp³-hybridized carbons (Fsp3) is 0.222. The van der Waals surface area contributed by atoms with Crippen molar-refractivity contribution in [2.75, 3.05) is 0 Å². The topological polar surface area (TPSA) is 47.8 Å². The Morgan fingerprint density at radius 2 is 2.15 bits per heavy atom. The second kappa shape index (κ2) is 2.65. The molecule has 0 spiro atoms. The highest BCUT2D eigenvalue weighted by Gasteiger charge is 2.00. The van der Waals surface area contributed by atoms with E-state index in [1.54, 1.807) is 7.05 Å². The van der Waals surface area contributed by atoms with Gasteiger partial charge in [0.05, 0.1) is 6.20 Å². The molecule has 0 N–H and O–H groups in total. The molecule has 2 aromatic heterocycles. The highest BCUT2D eigenvalue weighted by atomic mass is 16.1. The van der Waals surface area contributed by atoms with Crippen LogP contribution in [0.15, 0.2) is 23.1 Å². The lowest BCUT2D eigenvalue weighted by atomic mass is 10.3. The van der Waals surface area contributed by atoms with Crippen LogP contribution < -0.4 is 5.56 Å². The van der Waals surface area contributed by atoms with Crippen LogP contribution in [-0.4, -0.2) is 14.5 Å². The van der Waals surface area contributed by atoms with Gasteiger partial charge in [0.1, 0.15) is 5.52 Å². The van der Waals surface area contributed by atoms with Gasteiger partial charge in [-0.25, -0.2) is 9.97 Å². The summed E-state index contributed by atoms with van der Waals surface area (Å²) in [6, 6.07) is 3.73. The maximum atomic E-state index is 11.2. The Morgan fingerprint density at radius 1 is 1.38 bits per heavy atom. The van der Waals surface area contributed by atoms with Gasteiger partial charge in [0, 0.05) is 12.7 Å². The third-order valence-corrected chi connectivity index (χ3v) is 1.96. The average Bonchev–Trinajstić information content (AvgIpc) is 2.12. The molecule has 2 rings (SSSR count). The predicted octanol–water partition coefficient (Wildman–Crippen LogP) is 0.637. The van der Waals surface area contributed by atoms with Gasteiger partial charge < -0.3 is 0 Å². The summed E-state index contributed by atoms with van der Waals surface area (Å²) in [5.41, 5.74) is 2.13. The summed E-state index contributed by atoms with van der Waals surface area (Å²) < 4.78 is 1.50. The molecule has 4 nitrogen and oxygen atoms in total. The zero-order valence-corrected chi connectivity index (χ0v) is 7.48. The summed E-state index contributed by atoms with van der Waals surface area (Å²) in [7, 11) is 1.69. The maximum absolute atomic E-state index is 11.2. The van der Waals surface area contributed by atoms with Crippen LogP contribution in [0.5, 0.6) is 0 Å². The molecule has 0 aliphatic rings. The van der Waals surface area contributed by atoms with Crippen molar-refractivity contribution in [3.8, 4) is 0 Å². The summed E-state index contributed by atoms with van der Waals surface area (Å²) in [5, 5.41) is 0. The number of aryl methyl sites for hydroxylation is 2. The SMILES string of the molecule is Cc1ccc2ncc(=O)n(C)c2n1. The van der Waals surface area contributed by atoms with Crippen LogP contribution in [0, 0.1) is 6.92 Å². The van der Waals surface area contributed by atoms with E-state index in [9.17, 15) is 4.79 Å². The van der Waals surface area contributed by atoms with E-state index in [1.165, 1.54) is 10.8 Å². The molecule has 0 bridgehead atoms. The molecule has 66 valence electrons. The van der Waals surface area contributed by atoms with Gasteiger partial charge in [0.25, 0.3) is 5.56 Å². The third-order valence-electron chi connectivity index (χ3n) is 1.96. The van der Waals surface area contributed by atoms with Gasteiger partial charge in [0.15, 0.2) is 5.65 Å². The molecule has 4 heteroatoms. The van der Waals surface area contributed by atoms with E-state index in [0.717, 1.165) is 11.2 Å². The van der Waals surface area contributed by atoms with Gasteiger partial charge >= 0.3 is 0 Å². The van der Waals surface area contributed by atoms with Crippen molar-refractivity contribution >= 4 is 11.2 Å². The molecule has 0 fully saturated rings. The Labute approximate surface area is 74.9 Å². The highest BCUT2D eigenvalue weighted by Crippen LogP contribution is 2.05. The second-order valence-corrected chi connectivity index (χ2v) is 2.95. The molecule has 0 saturated heterocycles. The van der Waals surface area contributed by atoms with E-state index in [4.69, 9.17) is 0 Å². The van der Waals surface area contributed by atoms with Crippen molar-refractivity contribution in [3.63, 3.8) is 0 Å². The Balaban J connectivity index is 2.97. The van der Waals surface area contributed by atoms with E-state index < -0.39 is 0 Å². The van der Waals surface area contributed by atoms with Crippen molar-refractivity contribution in [2.24, 2.45) is 7.05 Å². The summed E-state index contributed by atoms with van der Waals surface area (Å²) in [6.07, 6.45) is 1.30. The smallest absolute Gasteiger partial charge is 0.270 e. The summed E-state index contributed by atoms with van der Waals surface area (Å²) in [5.74, 6) is 0. The van der Waals surface area contributed by atoms with Crippen LogP contribution in [0.3, 0.4) is 0 Å². The minimum absolute atomic E-state index is 0.134. The first-order valence-electron chi connectivity index (χ1n) is 3.98. The number of hydrogen-bond donors (Lipinski definition) is 0. The molecule has 0 aliphatic carbocycles. The van der Waals surface area contributed by atoms with Crippen LogP contribution in [0.1, 0.15) is 5.69 Å². The molecular weight excluding hydrogens is 166 g/mol. The second-order valence-electron chi connectivity index (χ2n) is 2.95. The van der Waals surface area contributed by atoms with Crippen molar-refractivity contribution in [1.82, 2.24) is 14.5 Å². The first kappa shape index (κ1) is 7.91. The lowest BCUT2D eigenvalue weighted by Gasteiger charge is -2.02. The van der Waals surface area contributed by atoms with Gasteiger partial charge in [-0.15, -0.1) is 0 Å². The molecule has 0 atom stereocenters. The fourth-order valence-electron chi connectivity index (χ4n) is 1.20. The van der Waals surface area contributed by atoms with Crippen molar-refractivity contribution in [3.05, 3.63) is 34.4 Å². The van der Waals surface area contributed by atoms with Gasteiger partial charge in [-0.05, 0) is 19.1 Å². The quantitative estimate of drug-likeness (QED) is 0.590. The monoisotopic (exact) mass is 175 g/mol. The van der Waals surface area contributed by atoms with Crippen LogP contribution in [0.4, 0.5) is 0 Å². The van der Waals surface area contributed by atoms with E-state index in [0.29, 0.717) is 5.65 Å². The Bertz CT molecular complexity index is 516. The molecule has 0 aliphatic heterocycles. The van der Waals surface area contributed by atoms with Crippen molar-refractivity contribution < 1.29 is 0 Å². The van der Waals surface area contributed by atoms with Crippen molar-refractivity contribution in [1.29, 1.82) is 0 Å². The lowest BCUT2D eigenvalue weighted by Crippen LogP contribution is -2.17. The standard InChI is InChI=1S/C9H9N3O/c1-6-3-4-7-9(11-6)12(2)8(13)5-10-7/h3-5H,1-2H3. The van der Waals surface area contributed by atoms with Gasteiger partial charge in [-0.2, -0.15) is 0 Å². The lowest BCUT2D eigenvalue weighted by molar-refractivity contribution is 0.870. The number of rotatable bonds is 0. The van der Waals surface area contributed by atoms with E-state index in [1.807, 2.05) is 19.1 Å². The fourth-order valence-corrected chi connectivity index (χ4v) is 1.20. The van der Waals surface area contributed by atoms with Crippen molar-refractivity contribution in [2.45, 2.75) is 6.92 Å². The summed E-state index contributed by atoms with van der Waals surface area (Å²) >= 11 is 0. The maximum Gasteiger partial charge on any atom is 0.270 e. The molecule has 0 aromatic carbocycles. The largest absolute Gasteiger partial charge is 0.293 e. The minimum Gasteiger partial charge on any atom is -0.293 e. The first-order chi connectivity index (χ1) is 6.18. The number of fused-ring (bicyclic) bond motifs is 1. The van der Waals surface area contributed by atoms with Gasteiger partial charge in [-0.3, -0.25) is 9.36 Å². The third kappa shape index (κ3) is 1.20. The van der Waals surface area contributed by atoms with Gasteiger partial charge in [0.2, 0.25) is 0 Å². The highest BCUT2D eigenvalue weighted by molar-refractivity contribution is 5.69. The van der Waals surface area contributed by atoms with Gasteiger partial charge in [-0.1, -0.05) is 0 Å². The van der Waals surface area contributed by atoms with Crippen LogP contribution >= 0.6 is 0 Å². The summed E-state index contributed by atoms with van der Waals surface area (Å²) in [6.45, 7) is 1.89. The molecule has 0 radical (unpaired) electrons. The summed E-state index contributed by atoms with van der Waals surface area (Å²) in [4.78, 5) is 19.4. The molecule has 2 aromatic rings. The number of nitrogens with zero attached hydrogens (tertiary/aromatic N) is 3. The Morgan fingerprint density at radius 3 is 2.92 bits per heavy atom. The Hall–Kier alpha value is -1.71. The molecule has 0 unspecified atom stereocenters. The zero-order chi connectivity index (χ0) is 9.42. The average molecular weight is 175 g/mol. The van der Waals surface area contributed by atoms with E-state index >= 15 is 0 Å². The predicted molar refractivity (Wildman–Crippen MR) is 49.5 cm³/mol. The molecular formula is C9H9N3O. The van der Waals surface area contributed by atoms with Crippen LogP contribution in [-0.2, 0) is 7.05 Å².